The third-order valence-corrected chi connectivity index (χ3v) is 6.02. The number of anilines is 1. The molecule has 0 atom stereocenters. The molecule has 0 radical (unpaired) electrons. The summed E-state index contributed by atoms with van der Waals surface area (Å²) < 4.78 is 38.0. The number of halogens is 3. The van der Waals surface area contributed by atoms with Crippen molar-refractivity contribution in [1.29, 1.82) is 0 Å². The van der Waals surface area contributed by atoms with Crippen LogP contribution in [0.3, 0.4) is 0 Å². The highest BCUT2D eigenvalue weighted by Gasteiger charge is 2.14. The maximum absolute atomic E-state index is 13.5. The summed E-state index contributed by atoms with van der Waals surface area (Å²) in [6.07, 6.45) is 0.755. The summed E-state index contributed by atoms with van der Waals surface area (Å²) >= 11 is 6.34. The van der Waals surface area contributed by atoms with Gasteiger partial charge in [-0.15, -0.1) is 0 Å². The minimum absolute atomic E-state index is 0.00116. The van der Waals surface area contributed by atoms with Crippen LogP contribution in [0.4, 0.5) is 14.7 Å². The summed E-state index contributed by atoms with van der Waals surface area (Å²) in [5.74, 6) is 1.34. The number of benzene rings is 1. The Morgan fingerprint density at radius 2 is 1.50 bits per heavy atom. The average Bonchev–Trinajstić information content (AvgIpc) is 3.54. The van der Waals surface area contributed by atoms with Crippen LogP contribution < -0.4 is 14.8 Å². The number of hydrogen-bond acceptors (Lipinski definition) is 10. The van der Waals surface area contributed by atoms with Gasteiger partial charge in [0.1, 0.15) is 29.0 Å². The molecule has 6 rings (SSSR count). The lowest BCUT2D eigenvalue weighted by Gasteiger charge is -2.10. The zero-order valence-electron chi connectivity index (χ0n) is 20.7. The fraction of sp³-hybridized carbons (Fsp3) is 0.160. The van der Waals surface area contributed by atoms with Gasteiger partial charge >= 0.3 is 6.01 Å². The summed E-state index contributed by atoms with van der Waals surface area (Å²) in [4.78, 5) is 35.6. The Balaban J connectivity index is 1.25. The monoisotopic (exact) mass is 564 g/mol. The molecule has 40 heavy (non-hydrogen) atoms. The molecule has 0 unspecified atom stereocenters. The van der Waals surface area contributed by atoms with E-state index in [1.807, 2.05) is 0 Å². The highest BCUT2D eigenvalue weighted by Crippen LogP contribution is 2.31. The highest BCUT2D eigenvalue weighted by atomic mass is 35.5. The Morgan fingerprint density at radius 1 is 0.800 bits per heavy atom. The van der Waals surface area contributed by atoms with Crippen LogP contribution in [0.15, 0.2) is 42.5 Å². The molecule has 0 saturated carbocycles. The van der Waals surface area contributed by atoms with Crippen molar-refractivity contribution in [3.63, 3.8) is 0 Å². The molecule has 0 fully saturated rings. The number of imidazole rings is 2. The van der Waals surface area contributed by atoms with Crippen LogP contribution in [0.5, 0.6) is 17.5 Å². The fourth-order valence-electron chi connectivity index (χ4n) is 3.86. The SMILES string of the molecule is COc1ccc(Oc2nc(CCc3nc4nc(F)ccc4[nH]3)nc(NCc3nc4nc(F)ccc4[nH]3)n2)c(Cl)c1. The molecule has 15 heteroatoms. The third kappa shape index (κ3) is 5.56. The molecule has 12 nitrogen and oxygen atoms in total. The molecule has 1 aromatic carbocycles. The molecular formula is C25H19ClF2N10O2. The second-order valence-corrected chi connectivity index (χ2v) is 8.89. The van der Waals surface area contributed by atoms with Crippen LogP contribution in [-0.4, -0.2) is 52.0 Å². The molecule has 0 spiro atoms. The van der Waals surface area contributed by atoms with Crippen molar-refractivity contribution in [2.75, 3.05) is 12.4 Å². The Labute approximate surface area is 229 Å². The van der Waals surface area contributed by atoms with Crippen LogP contribution in [0.2, 0.25) is 5.02 Å². The van der Waals surface area contributed by atoms with Gasteiger partial charge in [-0.1, -0.05) is 11.6 Å². The molecule has 6 aromatic rings. The zero-order valence-corrected chi connectivity index (χ0v) is 21.5. The van der Waals surface area contributed by atoms with E-state index in [0.717, 1.165) is 0 Å². The number of aryl methyl sites for hydroxylation is 2. The van der Waals surface area contributed by atoms with E-state index in [9.17, 15) is 8.78 Å². The first kappa shape index (κ1) is 25.3. The zero-order chi connectivity index (χ0) is 27.6. The van der Waals surface area contributed by atoms with Gasteiger partial charge in [-0.3, -0.25) is 0 Å². The number of hydrogen-bond donors (Lipinski definition) is 3. The van der Waals surface area contributed by atoms with E-state index in [1.165, 1.54) is 19.2 Å². The van der Waals surface area contributed by atoms with Crippen molar-refractivity contribution >= 4 is 39.9 Å². The quantitative estimate of drug-likeness (QED) is 0.213. The normalized spacial score (nSPS) is 11.3. The number of pyridine rings is 2. The molecular weight excluding hydrogens is 546 g/mol. The minimum atomic E-state index is -0.620. The van der Waals surface area contributed by atoms with Crippen molar-refractivity contribution < 1.29 is 18.3 Å². The minimum Gasteiger partial charge on any atom is -0.497 e. The van der Waals surface area contributed by atoms with Crippen molar-refractivity contribution in [3.05, 3.63) is 76.9 Å². The fourth-order valence-corrected chi connectivity index (χ4v) is 4.07. The number of methoxy groups -OCH3 is 1. The van der Waals surface area contributed by atoms with E-state index in [1.54, 1.807) is 30.3 Å². The van der Waals surface area contributed by atoms with E-state index in [0.29, 0.717) is 57.9 Å². The predicted octanol–water partition coefficient (Wildman–Crippen LogP) is 4.54. The maximum atomic E-state index is 13.5. The van der Waals surface area contributed by atoms with Gasteiger partial charge < -0.3 is 24.8 Å². The van der Waals surface area contributed by atoms with Crippen molar-refractivity contribution in [2.24, 2.45) is 0 Å². The van der Waals surface area contributed by atoms with E-state index < -0.39 is 11.9 Å². The van der Waals surface area contributed by atoms with E-state index in [4.69, 9.17) is 21.1 Å². The van der Waals surface area contributed by atoms with E-state index >= 15 is 0 Å². The molecule has 0 amide bonds. The Bertz CT molecular complexity index is 1740. The molecule has 0 aliphatic carbocycles. The molecule has 5 aromatic heterocycles. The van der Waals surface area contributed by atoms with Gasteiger partial charge in [-0.2, -0.15) is 33.7 Å². The number of nitrogens with zero attached hydrogens (tertiary/aromatic N) is 7. The number of aromatic amines is 2. The molecule has 5 heterocycles. The number of ether oxygens (including phenoxy) is 2. The van der Waals surface area contributed by atoms with Gasteiger partial charge in [-0.05, 0) is 36.4 Å². The lowest BCUT2D eigenvalue weighted by molar-refractivity contribution is 0.410. The Hall–Kier alpha value is -4.98. The first-order valence-corrected chi connectivity index (χ1v) is 12.3. The highest BCUT2D eigenvalue weighted by molar-refractivity contribution is 6.32. The number of rotatable bonds is 9. The molecule has 0 aliphatic heterocycles. The van der Waals surface area contributed by atoms with Gasteiger partial charge in [0.05, 0.1) is 29.7 Å². The third-order valence-electron chi connectivity index (χ3n) is 5.72. The second-order valence-electron chi connectivity index (χ2n) is 8.49. The van der Waals surface area contributed by atoms with Gasteiger partial charge in [0, 0.05) is 18.9 Å². The standard InChI is InChI=1S/C25H19ClF2N10O2/c1-39-12-2-5-16(13(26)10-12)40-25-37-20(9-8-19-30-14-3-6-17(27)32-22(14)34-19)36-24(38-25)29-11-21-31-15-4-7-18(28)33-23(15)35-21/h2-7,10H,8-9,11H2,1H3,(H,30,32,34)(H,31,33,35)(H,29,36,37,38). The van der Waals surface area contributed by atoms with Crippen molar-refractivity contribution in [1.82, 2.24) is 44.9 Å². The Morgan fingerprint density at radius 3 is 2.20 bits per heavy atom. The molecule has 3 N–H and O–H groups in total. The molecule has 202 valence electrons. The first-order chi connectivity index (χ1) is 19.4. The lowest BCUT2D eigenvalue weighted by atomic mass is 10.3. The smallest absolute Gasteiger partial charge is 0.327 e. The topological polar surface area (TPSA) is 152 Å². The van der Waals surface area contributed by atoms with Gasteiger partial charge in [0.25, 0.3) is 0 Å². The van der Waals surface area contributed by atoms with Gasteiger partial charge in [0.15, 0.2) is 11.3 Å². The first-order valence-electron chi connectivity index (χ1n) is 11.9. The summed E-state index contributed by atoms with van der Waals surface area (Å²) in [6.45, 7) is 0.185. The van der Waals surface area contributed by atoms with E-state index in [2.05, 4.69) is 50.2 Å². The number of nitrogens with one attached hydrogen (secondary N) is 3. The van der Waals surface area contributed by atoms with Crippen LogP contribution >= 0.6 is 11.6 Å². The summed E-state index contributed by atoms with van der Waals surface area (Å²) in [6, 6.07) is 10.6. The van der Waals surface area contributed by atoms with Crippen LogP contribution in [0, 0.1) is 11.9 Å². The van der Waals surface area contributed by atoms with Crippen LogP contribution in [-0.2, 0) is 19.4 Å². The summed E-state index contributed by atoms with van der Waals surface area (Å²) in [7, 11) is 1.53. The summed E-state index contributed by atoms with van der Waals surface area (Å²) in [5, 5.41) is 3.38. The second kappa shape index (κ2) is 10.6. The van der Waals surface area contributed by atoms with Crippen molar-refractivity contribution in [2.45, 2.75) is 19.4 Å². The molecule has 0 aliphatic rings. The van der Waals surface area contributed by atoms with Gasteiger partial charge in [-0.25, -0.2) is 9.97 Å². The maximum Gasteiger partial charge on any atom is 0.327 e. The molecule has 0 saturated heterocycles. The predicted molar refractivity (Wildman–Crippen MR) is 140 cm³/mol. The van der Waals surface area contributed by atoms with Gasteiger partial charge in [0.2, 0.25) is 17.8 Å². The molecule has 0 bridgehead atoms. The Kier molecular flexibility index (Phi) is 6.74. The summed E-state index contributed by atoms with van der Waals surface area (Å²) in [5.41, 5.74) is 1.75. The van der Waals surface area contributed by atoms with E-state index in [-0.39, 0.29) is 29.8 Å². The van der Waals surface area contributed by atoms with Crippen LogP contribution in [0.25, 0.3) is 22.3 Å². The largest absolute Gasteiger partial charge is 0.497 e. The van der Waals surface area contributed by atoms with Crippen LogP contribution in [0.1, 0.15) is 17.5 Å². The van der Waals surface area contributed by atoms with Crippen molar-refractivity contribution in [3.8, 4) is 17.5 Å². The lowest BCUT2D eigenvalue weighted by Crippen LogP contribution is -2.10. The number of aromatic nitrogens is 9. The number of H-pyrrole nitrogens is 2. The average molecular weight is 565 g/mol. The number of fused-ring (bicyclic) bond motifs is 2.